The number of hydrazone groups is 1. The van der Waals surface area contributed by atoms with E-state index in [0.717, 1.165) is 29.5 Å². The number of carbonyl (C=O) groups excluding carboxylic acids is 3. The van der Waals surface area contributed by atoms with Crippen LogP contribution in [0.15, 0.2) is 70.7 Å². The molecule has 2 heterocycles. The molecule has 204 valence electrons. The number of hydrogen-bond acceptors (Lipinski definition) is 7. The molecule has 5 rings (SSSR count). The number of amides is 3. The molecule has 1 fully saturated rings. The number of carbonyl (C=O) groups is 3. The van der Waals surface area contributed by atoms with Gasteiger partial charge in [-0.25, -0.2) is 0 Å². The summed E-state index contributed by atoms with van der Waals surface area (Å²) in [5.41, 5.74) is 3.71. The van der Waals surface area contributed by atoms with Crippen LogP contribution in [0.2, 0.25) is 0 Å². The summed E-state index contributed by atoms with van der Waals surface area (Å²) < 4.78 is 40.6. The lowest BCUT2D eigenvalue weighted by atomic mass is 10.0. The highest BCUT2D eigenvalue weighted by molar-refractivity contribution is 8.18. The largest absolute Gasteiger partial charge is 0.506 e. The molecular formula is C28H21F3N4O4S. The topological polar surface area (TPSA) is 111 Å². The van der Waals surface area contributed by atoms with Gasteiger partial charge in [0, 0.05) is 11.3 Å². The second-order valence-electron chi connectivity index (χ2n) is 9.32. The van der Waals surface area contributed by atoms with E-state index in [0.29, 0.717) is 11.3 Å². The lowest BCUT2D eigenvalue weighted by Gasteiger charge is -2.19. The Morgan fingerprint density at radius 2 is 1.75 bits per heavy atom. The highest BCUT2D eigenvalue weighted by Crippen LogP contribution is 2.41. The zero-order valence-electron chi connectivity index (χ0n) is 21.0. The van der Waals surface area contributed by atoms with Gasteiger partial charge in [-0.2, -0.15) is 18.3 Å². The number of halogens is 3. The van der Waals surface area contributed by atoms with Gasteiger partial charge in [-0.05, 0) is 77.3 Å². The summed E-state index contributed by atoms with van der Waals surface area (Å²) in [5, 5.41) is 16.3. The smallest absolute Gasteiger partial charge is 0.416 e. The second-order valence-corrected chi connectivity index (χ2v) is 10.3. The van der Waals surface area contributed by atoms with Gasteiger partial charge >= 0.3 is 6.18 Å². The fourth-order valence-electron chi connectivity index (χ4n) is 4.22. The van der Waals surface area contributed by atoms with E-state index in [2.05, 4.69) is 15.8 Å². The van der Waals surface area contributed by atoms with Gasteiger partial charge in [-0.1, -0.05) is 32.0 Å². The van der Waals surface area contributed by atoms with Crippen molar-refractivity contribution in [2.45, 2.75) is 25.9 Å². The van der Waals surface area contributed by atoms with Crippen LogP contribution in [-0.2, 0) is 15.8 Å². The minimum Gasteiger partial charge on any atom is -0.506 e. The predicted molar refractivity (Wildman–Crippen MR) is 146 cm³/mol. The number of phenolic OH excluding ortho intramolecular Hbond substituents is 1. The maximum Gasteiger partial charge on any atom is 0.416 e. The van der Waals surface area contributed by atoms with Gasteiger partial charge in [-0.15, -0.1) is 0 Å². The maximum atomic E-state index is 13.5. The Bertz CT molecular complexity index is 1610. The summed E-state index contributed by atoms with van der Waals surface area (Å²) in [6.45, 7) is 4.00. The van der Waals surface area contributed by atoms with Gasteiger partial charge in [0.1, 0.15) is 5.75 Å². The van der Waals surface area contributed by atoms with E-state index in [4.69, 9.17) is 0 Å². The molecule has 0 atom stereocenters. The lowest BCUT2D eigenvalue weighted by molar-refractivity contribution is -0.137. The van der Waals surface area contributed by atoms with Crippen LogP contribution in [0.3, 0.4) is 0 Å². The molecule has 0 unspecified atom stereocenters. The van der Waals surface area contributed by atoms with E-state index in [1.54, 1.807) is 18.2 Å². The lowest BCUT2D eigenvalue weighted by Crippen LogP contribution is -2.26. The first-order valence-corrected chi connectivity index (χ1v) is 12.8. The number of aromatic hydroxyl groups is 1. The molecule has 3 N–H and O–H groups in total. The minimum absolute atomic E-state index is 0.0331. The first-order chi connectivity index (χ1) is 18.9. The molecule has 0 aromatic heterocycles. The van der Waals surface area contributed by atoms with Crippen molar-refractivity contribution in [3.05, 3.63) is 87.8 Å². The molecule has 2 aliphatic heterocycles. The van der Waals surface area contributed by atoms with Crippen molar-refractivity contribution in [3.8, 4) is 5.75 Å². The first kappa shape index (κ1) is 27.0. The Hall–Kier alpha value is -4.58. The molecule has 0 radical (unpaired) electrons. The fourth-order valence-corrected chi connectivity index (χ4v) is 4.90. The van der Waals surface area contributed by atoms with Crippen molar-refractivity contribution in [2.24, 2.45) is 5.10 Å². The third kappa shape index (κ3) is 5.17. The highest BCUT2D eigenvalue weighted by atomic mass is 32.2. The number of fused-ring (bicyclic) bond motifs is 1. The average molecular weight is 567 g/mol. The molecule has 2 aliphatic rings. The van der Waals surface area contributed by atoms with Gasteiger partial charge in [0.15, 0.2) is 5.71 Å². The zero-order chi connectivity index (χ0) is 28.8. The maximum absolute atomic E-state index is 13.5. The Morgan fingerprint density at radius 3 is 2.35 bits per heavy atom. The van der Waals surface area contributed by atoms with Crippen molar-refractivity contribution in [1.29, 1.82) is 0 Å². The van der Waals surface area contributed by atoms with Gasteiger partial charge in [0.2, 0.25) is 0 Å². The van der Waals surface area contributed by atoms with Gasteiger partial charge in [0.25, 0.3) is 17.1 Å². The number of thioether (sulfide) groups is 1. The van der Waals surface area contributed by atoms with Crippen LogP contribution in [0.5, 0.6) is 5.75 Å². The Kier molecular flexibility index (Phi) is 6.88. The molecule has 40 heavy (non-hydrogen) atoms. The van der Waals surface area contributed by atoms with E-state index in [9.17, 15) is 32.7 Å². The van der Waals surface area contributed by atoms with Crippen LogP contribution in [0.4, 0.5) is 35.0 Å². The zero-order valence-corrected chi connectivity index (χ0v) is 21.9. The summed E-state index contributed by atoms with van der Waals surface area (Å²) in [7, 11) is 0. The van der Waals surface area contributed by atoms with Gasteiger partial charge in [-0.3, -0.25) is 30.0 Å². The van der Waals surface area contributed by atoms with Crippen molar-refractivity contribution in [3.63, 3.8) is 0 Å². The summed E-state index contributed by atoms with van der Waals surface area (Å²) in [5.74, 6) is -1.24. The molecule has 3 aromatic carbocycles. The number of hydrogen-bond donors (Lipinski definition) is 3. The summed E-state index contributed by atoms with van der Waals surface area (Å²) in [4.78, 5) is 37.9. The number of benzene rings is 3. The summed E-state index contributed by atoms with van der Waals surface area (Å²) in [6, 6.07) is 14.3. The van der Waals surface area contributed by atoms with E-state index < -0.39 is 28.8 Å². The molecule has 0 bridgehead atoms. The van der Waals surface area contributed by atoms with Crippen LogP contribution in [-0.4, -0.2) is 27.9 Å². The number of alkyl halides is 3. The third-order valence-electron chi connectivity index (χ3n) is 6.29. The fraction of sp³-hybridized carbons (Fsp3) is 0.143. The van der Waals surface area contributed by atoms with E-state index >= 15 is 0 Å². The standard InChI is InChI=1S/C28H21F3N4O4S/c1-14(2)16-4-7-18(8-5-16)35-21-13-17(28(29,30)31)6-9-19(21)24(26(35)38)34-33-20-10-3-15(11-22(20)36)12-23-25(37)32-27(39)40-23/h3-14,33,36H,1-2H3,(H,32,37,39)/b23-12-,34-24-. The van der Waals surface area contributed by atoms with Gasteiger partial charge < -0.3 is 5.11 Å². The quantitative estimate of drug-likeness (QED) is 0.189. The first-order valence-electron chi connectivity index (χ1n) is 12.0. The second kappa shape index (κ2) is 10.2. The third-order valence-corrected chi connectivity index (χ3v) is 7.11. The molecule has 12 heteroatoms. The minimum atomic E-state index is -4.61. The predicted octanol–water partition coefficient (Wildman–Crippen LogP) is 6.35. The van der Waals surface area contributed by atoms with Crippen LogP contribution in [0.1, 0.15) is 42.0 Å². The van der Waals surface area contributed by atoms with E-state index in [-0.39, 0.29) is 39.2 Å². The number of nitrogens with zero attached hydrogens (tertiary/aromatic N) is 2. The molecule has 3 aromatic rings. The Morgan fingerprint density at radius 1 is 1.02 bits per heavy atom. The van der Waals surface area contributed by atoms with Crippen LogP contribution in [0.25, 0.3) is 6.08 Å². The van der Waals surface area contributed by atoms with E-state index in [1.807, 2.05) is 26.0 Å². The molecule has 8 nitrogen and oxygen atoms in total. The molecule has 3 amide bonds. The van der Waals surface area contributed by atoms with Crippen LogP contribution in [0, 0.1) is 0 Å². The van der Waals surface area contributed by atoms with E-state index in [1.165, 1.54) is 29.2 Å². The molecule has 0 aliphatic carbocycles. The SMILES string of the molecule is CC(C)c1ccc(N2C(=O)/C(=N\Nc3ccc(/C=C4\SC(=O)NC4=O)cc3O)c3ccc(C(F)(F)F)cc32)cc1. The Labute approximate surface area is 230 Å². The number of rotatable bonds is 5. The number of imide groups is 1. The van der Waals surface area contributed by atoms with Crippen molar-refractivity contribution in [2.75, 3.05) is 10.3 Å². The Balaban J connectivity index is 1.48. The number of phenols is 1. The molecule has 1 saturated heterocycles. The van der Waals surface area contributed by atoms with Crippen molar-refractivity contribution < 1.29 is 32.7 Å². The molecule has 0 spiro atoms. The summed E-state index contributed by atoms with van der Waals surface area (Å²) >= 11 is 0.732. The molecule has 0 saturated carbocycles. The summed E-state index contributed by atoms with van der Waals surface area (Å²) in [6.07, 6.45) is -3.19. The number of anilines is 3. The molecular weight excluding hydrogens is 545 g/mol. The number of nitrogens with one attached hydrogen (secondary N) is 2. The average Bonchev–Trinajstić information content (AvgIpc) is 3.36. The van der Waals surface area contributed by atoms with Crippen LogP contribution < -0.4 is 15.6 Å². The normalized spacial score (nSPS) is 17.2. The van der Waals surface area contributed by atoms with Crippen molar-refractivity contribution in [1.82, 2.24) is 5.32 Å². The monoisotopic (exact) mass is 566 g/mol. The van der Waals surface area contributed by atoms with Gasteiger partial charge in [0.05, 0.1) is 21.8 Å². The van der Waals surface area contributed by atoms with Crippen molar-refractivity contribution >= 4 is 57.7 Å². The highest BCUT2D eigenvalue weighted by Gasteiger charge is 2.39. The van der Waals surface area contributed by atoms with Crippen LogP contribution >= 0.6 is 11.8 Å².